The number of anilines is 1. The molecule has 5 aromatic rings. The molecule has 9 heteroatoms. The van der Waals surface area contributed by atoms with Crippen molar-refractivity contribution in [1.82, 2.24) is 15.2 Å². The molecule has 1 fully saturated rings. The van der Waals surface area contributed by atoms with Gasteiger partial charge in [0.15, 0.2) is 0 Å². The largest absolute Gasteiger partial charge is 0.497 e. The smallest absolute Gasteiger partial charge is 0.332 e. The van der Waals surface area contributed by atoms with Crippen molar-refractivity contribution in [3.8, 4) is 5.75 Å². The SMILES string of the molecule is COc1cccc(C2c3[nH]c4ccccc4c3C[C@H]3C(=O)N(c4ccc(C(=O)NCc5ccc(F)cc5)cc4)C(=O)N23)c1. The Hall–Kier alpha value is -5.44. The van der Waals surface area contributed by atoms with Crippen molar-refractivity contribution in [2.24, 2.45) is 0 Å². The van der Waals surface area contributed by atoms with E-state index in [-0.39, 0.29) is 24.2 Å². The van der Waals surface area contributed by atoms with Crippen LogP contribution in [-0.4, -0.2) is 40.9 Å². The normalized spacial score (nSPS) is 17.6. The van der Waals surface area contributed by atoms with Gasteiger partial charge in [0.25, 0.3) is 11.8 Å². The molecule has 43 heavy (non-hydrogen) atoms. The molecule has 4 amide bonds. The number of H-pyrrole nitrogens is 1. The molecular weight excluding hydrogens is 547 g/mol. The van der Waals surface area contributed by atoms with Crippen molar-refractivity contribution >= 4 is 34.4 Å². The molecule has 0 saturated carbocycles. The third-order valence-electron chi connectivity index (χ3n) is 8.21. The number of hydrogen-bond acceptors (Lipinski definition) is 4. The molecule has 2 atom stereocenters. The zero-order valence-electron chi connectivity index (χ0n) is 23.2. The van der Waals surface area contributed by atoms with Gasteiger partial charge in [-0.1, -0.05) is 42.5 Å². The second-order valence-corrected chi connectivity index (χ2v) is 10.7. The first kappa shape index (κ1) is 26.5. The van der Waals surface area contributed by atoms with Gasteiger partial charge < -0.3 is 15.0 Å². The van der Waals surface area contributed by atoms with E-state index >= 15 is 0 Å². The number of hydrogen-bond donors (Lipinski definition) is 2. The fourth-order valence-electron chi connectivity index (χ4n) is 6.12. The number of nitrogens with zero attached hydrogens (tertiary/aromatic N) is 2. The molecule has 8 nitrogen and oxygen atoms in total. The van der Waals surface area contributed by atoms with E-state index in [4.69, 9.17) is 4.74 Å². The molecule has 4 aromatic carbocycles. The van der Waals surface area contributed by atoms with E-state index in [1.165, 1.54) is 17.0 Å². The topological polar surface area (TPSA) is 94.7 Å². The number of carbonyl (C=O) groups is 3. The van der Waals surface area contributed by atoms with Gasteiger partial charge in [-0.3, -0.25) is 14.5 Å². The summed E-state index contributed by atoms with van der Waals surface area (Å²) in [4.78, 5) is 47.2. The first-order valence-electron chi connectivity index (χ1n) is 14.0. The van der Waals surface area contributed by atoms with Gasteiger partial charge in [-0.2, -0.15) is 0 Å². The van der Waals surface area contributed by atoms with Crippen LogP contribution in [0.5, 0.6) is 5.75 Å². The zero-order valence-corrected chi connectivity index (χ0v) is 23.2. The van der Waals surface area contributed by atoms with Crippen molar-refractivity contribution < 1.29 is 23.5 Å². The molecule has 1 aromatic heterocycles. The monoisotopic (exact) mass is 574 g/mol. The number of urea groups is 1. The lowest BCUT2D eigenvalue weighted by molar-refractivity contribution is -0.120. The van der Waals surface area contributed by atoms with Crippen molar-refractivity contribution in [3.05, 3.63) is 131 Å². The number of rotatable bonds is 6. The highest BCUT2D eigenvalue weighted by molar-refractivity contribution is 6.22. The second-order valence-electron chi connectivity index (χ2n) is 10.7. The maximum atomic E-state index is 14.1. The molecule has 7 rings (SSSR count). The molecule has 1 saturated heterocycles. The summed E-state index contributed by atoms with van der Waals surface area (Å²) in [6.45, 7) is 0.237. The summed E-state index contributed by atoms with van der Waals surface area (Å²) < 4.78 is 18.7. The highest BCUT2D eigenvalue weighted by atomic mass is 19.1. The maximum Gasteiger partial charge on any atom is 0.332 e. The Morgan fingerprint density at radius 3 is 2.51 bits per heavy atom. The third-order valence-corrected chi connectivity index (χ3v) is 8.21. The van der Waals surface area contributed by atoms with Crippen molar-refractivity contribution in [1.29, 1.82) is 0 Å². The van der Waals surface area contributed by atoms with Crippen LogP contribution in [0, 0.1) is 5.82 Å². The molecule has 2 aliphatic rings. The maximum absolute atomic E-state index is 14.1. The number of carbonyl (C=O) groups excluding carboxylic acids is 3. The molecule has 0 radical (unpaired) electrons. The minimum Gasteiger partial charge on any atom is -0.497 e. The first-order chi connectivity index (χ1) is 20.9. The van der Waals surface area contributed by atoms with Gasteiger partial charge in [0.1, 0.15) is 23.7 Å². The van der Waals surface area contributed by atoms with E-state index in [9.17, 15) is 18.8 Å². The summed E-state index contributed by atoms with van der Waals surface area (Å²) in [5, 5.41) is 3.83. The molecule has 0 bridgehead atoms. The average molecular weight is 575 g/mol. The number of ether oxygens (including phenoxy) is 1. The lowest BCUT2D eigenvalue weighted by Gasteiger charge is -2.36. The number of para-hydroxylation sites is 1. The second kappa shape index (κ2) is 10.4. The molecule has 3 heterocycles. The lowest BCUT2D eigenvalue weighted by atomic mass is 9.89. The Labute approximate surface area is 246 Å². The highest BCUT2D eigenvalue weighted by Gasteiger charge is 2.53. The van der Waals surface area contributed by atoms with Gasteiger partial charge in [-0.15, -0.1) is 0 Å². The van der Waals surface area contributed by atoms with Gasteiger partial charge >= 0.3 is 6.03 Å². The highest BCUT2D eigenvalue weighted by Crippen LogP contribution is 2.45. The standard InChI is InChI=1S/C34H27FN4O4/c1-43-25-6-4-5-22(17-25)31-30-27(26-7-2-3-8-28(26)37-30)18-29-33(41)38(34(42)39(29)31)24-15-11-21(12-16-24)32(40)36-19-20-9-13-23(35)14-10-20/h2-17,29,31,37H,18-19H2,1H3,(H,36,40)/t29-,31?/m0/s1. The number of halogens is 1. The fourth-order valence-corrected chi connectivity index (χ4v) is 6.12. The van der Waals surface area contributed by atoms with E-state index < -0.39 is 18.1 Å². The van der Waals surface area contributed by atoms with Gasteiger partial charge in [0.05, 0.1) is 12.8 Å². The number of amides is 4. The van der Waals surface area contributed by atoms with E-state index in [2.05, 4.69) is 10.3 Å². The first-order valence-corrected chi connectivity index (χ1v) is 14.0. The van der Waals surface area contributed by atoms with Crippen molar-refractivity contribution in [2.75, 3.05) is 12.0 Å². The summed E-state index contributed by atoms with van der Waals surface area (Å²) in [5.74, 6) is -0.331. The van der Waals surface area contributed by atoms with Crippen LogP contribution in [0.3, 0.4) is 0 Å². The summed E-state index contributed by atoms with van der Waals surface area (Å²) in [7, 11) is 1.59. The Morgan fingerprint density at radius 2 is 1.74 bits per heavy atom. The van der Waals surface area contributed by atoms with E-state index in [0.717, 1.165) is 33.3 Å². The number of fused-ring (bicyclic) bond motifs is 4. The van der Waals surface area contributed by atoms with Crippen LogP contribution in [0.1, 0.15) is 38.8 Å². The minimum atomic E-state index is -0.700. The predicted molar refractivity (Wildman–Crippen MR) is 159 cm³/mol. The molecule has 2 aliphatic heterocycles. The lowest BCUT2D eigenvalue weighted by Crippen LogP contribution is -2.44. The minimum absolute atomic E-state index is 0.237. The van der Waals surface area contributed by atoms with Crippen LogP contribution in [0.15, 0.2) is 97.1 Å². The number of aromatic amines is 1. The van der Waals surface area contributed by atoms with Crippen LogP contribution < -0.4 is 15.0 Å². The average Bonchev–Trinajstić information content (AvgIpc) is 3.53. The number of imide groups is 1. The van der Waals surface area contributed by atoms with Gasteiger partial charge in [-0.25, -0.2) is 14.1 Å². The zero-order chi connectivity index (χ0) is 29.7. The predicted octanol–water partition coefficient (Wildman–Crippen LogP) is 5.73. The Balaban J connectivity index is 1.20. The van der Waals surface area contributed by atoms with E-state index in [1.54, 1.807) is 48.4 Å². The molecule has 214 valence electrons. The quantitative estimate of drug-likeness (QED) is 0.253. The van der Waals surface area contributed by atoms with Crippen LogP contribution in [0.4, 0.5) is 14.9 Å². The van der Waals surface area contributed by atoms with E-state index in [1.807, 2.05) is 48.5 Å². The Kier molecular flexibility index (Phi) is 6.42. The third kappa shape index (κ3) is 4.50. The molecule has 1 unspecified atom stereocenters. The number of nitrogens with one attached hydrogen (secondary N) is 2. The number of methoxy groups -OCH3 is 1. The van der Waals surface area contributed by atoms with Crippen molar-refractivity contribution in [3.63, 3.8) is 0 Å². The van der Waals surface area contributed by atoms with Crippen LogP contribution in [-0.2, 0) is 17.8 Å². The van der Waals surface area contributed by atoms with Gasteiger partial charge in [-0.05, 0) is 71.3 Å². The van der Waals surface area contributed by atoms with Gasteiger partial charge in [0.2, 0.25) is 0 Å². The Morgan fingerprint density at radius 1 is 0.977 bits per heavy atom. The van der Waals surface area contributed by atoms with Crippen LogP contribution >= 0.6 is 0 Å². The van der Waals surface area contributed by atoms with Crippen LogP contribution in [0.2, 0.25) is 0 Å². The number of aromatic nitrogens is 1. The summed E-state index contributed by atoms with van der Waals surface area (Å²) in [6.07, 6.45) is 0.380. The fraction of sp³-hybridized carbons (Fsp3) is 0.147. The van der Waals surface area contributed by atoms with Gasteiger partial charge in [0, 0.05) is 35.1 Å². The summed E-state index contributed by atoms with van der Waals surface area (Å²) in [6, 6.07) is 26.1. The molecule has 0 spiro atoms. The van der Waals surface area contributed by atoms with Crippen LogP contribution in [0.25, 0.3) is 10.9 Å². The molecular formula is C34H27FN4O4. The summed E-state index contributed by atoms with van der Waals surface area (Å²) in [5.41, 5.74) is 5.19. The summed E-state index contributed by atoms with van der Waals surface area (Å²) >= 11 is 0. The molecule has 2 N–H and O–H groups in total. The van der Waals surface area contributed by atoms with E-state index in [0.29, 0.717) is 23.4 Å². The van der Waals surface area contributed by atoms with Crippen molar-refractivity contribution in [2.45, 2.75) is 25.0 Å². The Bertz CT molecular complexity index is 1880. The molecule has 0 aliphatic carbocycles. The number of benzene rings is 4.